The van der Waals surface area contributed by atoms with Crippen molar-refractivity contribution in [2.24, 2.45) is 0 Å². The molecule has 0 aromatic heterocycles. The van der Waals surface area contributed by atoms with Gasteiger partial charge in [0, 0.05) is 5.57 Å². The van der Waals surface area contributed by atoms with E-state index in [1.54, 1.807) is 19.1 Å². The van der Waals surface area contributed by atoms with Gasteiger partial charge < -0.3 is 0 Å². The van der Waals surface area contributed by atoms with Crippen molar-refractivity contribution in [3.63, 3.8) is 0 Å². The highest BCUT2D eigenvalue weighted by atomic mass is 79.9. The number of hydrogen-bond acceptors (Lipinski definition) is 3. The first-order valence-electron chi connectivity index (χ1n) is 4.00. The molecule has 80 valence electrons. The molecule has 0 radical (unpaired) electrons. The van der Waals surface area contributed by atoms with Crippen LogP contribution in [-0.2, 0) is 9.68 Å². The van der Waals surface area contributed by atoms with Gasteiger partial charge >= 0.3 is 5.97 Å². The van der Waals surface area contributed by atoms with Crippen LogP contribution in [0.3, 0.4) is 0 Å². The SMILES string of the molecule is C=C(C)C(=O)OOc1c(Br)cccc1Br. The van der Waals surface area contributed by atoms with Crippen molar-refractivity contribution in [1.82, 2.24) is 0 Å². The molecule has 3 nitrogen and oxygen atoms in total. The summed E-state index contributed by atoms with van der Waals surface area (Å²) in [4.78, 5) is 20.5. The number of halogens is 2. The third-order valence-corrected chi connectivity index (χ3v) is 2.72. The number of carbonyl (C=O) groups excluding carboxylic acids is 1. The van der Waals surface area contributed by atoms with E-state index in [4.69, 9.17) is 4.89 Å². The summed E-state index contributed by atoms with van der Waals surface area (Å²) in [5, 5.41) is 0. The standard InChI is InChI=1S/C10H8Br2O3/c1-6(2)10(13)15-14-9-7(11)4-3-5-8(9)12/h3-5H,1H2,2H3. The van der Waals surface area contributed by atoms with E-state index in [-0.39, 0.29) is 5.57 Å². The van der Waals surface area contributed by atoms with Gasteiger partial charge in [-0.05, 0) is 50.9 Å². The quantitative estimate of drug-likeness (QED) is 0.480. The van der Waals surface area contributed by atoms with Crippen LogP contribution in [0.25, 0.3) is 0 Å². The molecule has 0 saturated carbocycles. The van der Waals surface area contributed by atoms with Gasteiger partial charge in [-0.1, -0.05) is 12.6 Å². The van der Waals surface area contributed by atoms with Gasteiger partial charge in [-0.25, -0.2) is 9.68 Å². The summed E-state index contributed by atoms with van der Waals surface area (Å²) < 4.78 is 1.37. The molecule has 0 N–H and O–H groups in total. The van der Waals surface area contributed by atoms with Crippen LogP contribution in [0.1, 0.15) is 6.92 Å². The van der Waals surface area contributed by atoms with Crippen LogP contribution in [-0.4, -0.2) is 5.97 Å². The van der Waals surface area contributed by atoms with E-state index in [1.807, 2.05) is 6.07 Å². The molecule has 0 unspecified atom stereocenters. The van der Waals surface area contributed by atoms with Crippen molar-refractivity contribution < 1.29 is 14.6 Å². The highest BCUT2D eigenvalue weighted by Gasteiger charge is 2.11. The van der Waals surface area contributed by atoms with Crippen LogP contribution < -0.4 is 4.89 Å². The number of para-hydroxylation sites is 1. The van der Waals surface area contributed by atoms with Gasteiger partial charge in [-0.2, -0.15) is 0 Å². The maximum absolute atomic E-state index is 11.1. The second kappa shape index (κ2) is 5.32. The number of benzene rings is 1. The van der Waals surface area contributed by atoms with Gasteiger partial charge in [0.05, 0.1) is 8.95 Å². The molecular weight excluding hydrogens is 328 g/mol. The Morgan fingerprint density at radius 3 is 2.33 bits per heavy atom. The van der Waals surface area contributed by atoms with Gasteiger partial charge in [0.1, 0.15) is 0 Å². The number of rotatable bonds is 3. The fraction of sp³-hybridized carbons (Fsp3) is 0.100. The summed E-state index contributed by atoms with van der Waals surface area (Å²) in [6.45, 7) is 4.98. The smallest absolute Gasteiger partial charge is 0.284 e. The molecule has 1 rings (SSSR count). The Labute approximate surface area is 104 Å². The molecule has 0 fully saturated rings. The molecule has 0 heterocycles. The van der Waals surface area contributed by atoms with Crippen molar-refractivity contribution in [2.75, 3.05) is 0 Å². The van der Waals surface area contributed by atoms with Crippen molar-refractivity contribution >= 4 is 37.8 Å². The first kappa shape index (κ1) is 12.3. The zero-order valence-corrected chi connectivity index (χ0v) is 11.1. The van der Waals surface area contributed by atoms with E-state index in [9.17, 15) is 4.79 Å². The zero-order chi connectivity index (χ0) is 11.4. The van der Waals surface area contributed by atoms with Crippen molar-refractivity contribution in [2.45, 2.75) is 6.92 Å². The Bertz CT molecular complexity index is 381. The second-order valence-electron chi connectivity index (χ2n) is 2.79. The minimum atomic E-state index is -0.599. The van der Waals surface area contributed by atoms with Crippen LogP contribution in [0.15, 0.2) is 39.3 Å². The Kier molecular flexibility index (Phi) is 4.35. The molecule has 0 saturated heterocycles. The minimum absolute atomic E-state index is 0.276. The van der Waals surface area contributed by atoms with Gasteiger partial charge in [0.15, 0.2) is 0 Å². The lowest BCUT2D eigenvalue weighted by atomic mass is 10.3. The molecule has 5 heteroatoms. The molecule has 0 aliphatic heterocycles. The average molecular weight is 336 g/mol. The predicted molar refractivity (Wildman–Crippen MR) is 63.4 cm³/mol. The van der Waals surface area contributed by atoms with E-state index >= 15 is 0 Å². The molecule has 0 amide bonds. The molecule has 0 spiro atoms. The van der Waals surface area contributed by atoms with E-state index in [0.717, 1.165) is 0 Å². The van der Waals surface area contributed by atoms with Crippen LogP contribution >= 0.6 is 31.9 Å². The van der Waals surface area contributed by atoms with Crippen LogP contribution in [0.4, 0.5) is 0 Å². The minimum Gasteiger partial charge on any atom is -0.284 e. The molecule has 0 aliphatic rings. The summed E-state index contributed by atoms with van der Waals surface area (Å²) >= 11 is 6.53. The summed E-state index contributed by atoms with van der Waals surface area (Å²) in [5.41, 5.74) is 0.276. The lowest BCUT2D eigenvalue weighted by Gasteiger charge is -2.07. The average Bonchev–Trinajstić information content (AvgIpc) is 2.16. The normalized spacial score (nSPS) is 9.53. The maximum Gasteiger partial charge on any atom is 0.381 e. The monoisotopic (exact) mass is 334 g/mol. The van der Waals surface area contributed by atoms with Crippen molar-refractivity contribution in [3.05, 3.63) is 39.3 Å². The lowest BCUT2D eigenvalue weighted by Crippen LogP contribution is -2.08. The zero-order valence-electron chi connectivity index (χ0n) is 7.92. The first-order chi connectivity index (χ1) is 7.02. The van der Waals surface area contributed by atoms with E-state index in [2.05, 4.69) is 43.3 Å². The summed E-state index contributed by atoms with van der Waals surface area (Å²) in [7, 11) is 0. The second-order valence-corrected chi connectivity index (χ2v) is 4.49. The Morgan fingerprint density at radius 2 is 1.87 bits per heavy atom. The van der Waals surface area contributed by atoms with E-state index in [1.165, 1.54) is 0 Å². The molecule has 15 heavy (non-hydrogen) atoms. The lowest BCUT2D eigenvalue weighted by molar-refractivity contribution is -0.209. The molecule has 0 aliphatic carbocycles. The van der Waals surface area contributed by atoms with Crippen LogP contribution in [0.5, 0.6) is 5.75 Å². The molecule has 1 aromatic rings. The number of carbonyl (C=O) groups is 1. The van der Waals surface area contributed by atoms with Gasteiger partial charge in [-0.15, -0.1) is 0 Å². The van der Waals surface area contributed by atoms with Gasteiger partial charge in [-0.3, -0.25) is 4.89 Å². The molecule has 0 bridgehead atoms. The Morgan fingerprint density at radius 1 is 1.33 bits per heavy atom. The number of hydrogen-bond donors (Lipinski definition) is 0. The van der Waals surface area contributed by atoms with Gasteiger partial charge in [0.2, 0.25) is 5.75 Å². The van der Waals surface area contributed by atoms with Crippen molar-refractivity contribution in [1.29, 1.82) is 0 Å². The van der Waals surface area contributed by atoms with Crippen LogP contribution in [0.2, 0.25) is 0 Å². The maximum atomic E-state index is 11.1. The van der Waals surface area contributed by atoms with E-state index < -0.39 is 5.97 Å². The topological polar surface area (TPSA) is 35.5 Å². The first-order valence-corrected chi connectivity index (χ1v) is 5.59. The predicted octanol–water partition coefficient (Wildman–Crippen LogP) is 3.62. The van der Waals surface area contributed by atoms with E-state index in [0.29, 0.717) is 14.7 Å². The highest BCUT2D eigenvalue weighted by Crippen LogP contribution is 2.33. The summed E-state index contributed by atoms with van der Waals surface area (Å²) in [6, 6.07) is 5.37. The third kappa shape index (κ3) is 3.35. The highest BCUT2D eigenvalue weighted by molar-refractivity contribution is 9.11. The summed E-state index contributed by atoms with van der Waals surface area (Å²) in [5.74, 6) is -0.190. The Hall–Kier alpha value is -0.810. The largest absolute Gasteiger partial charge is 0.381 e. The molecular formula is C10H8Br2O3. The summed E-state index contributed by atoms with van der Waals surface area (Å²) in [6.07, 6.45) is 0. The fourth-order valence-electron chi connectivity index (χ4n) is 0.713. The Balaban J connectivity index is 2.73. The molecule has 1 aromatic carbocycles. The molecule has 0 atom stereocenters. The third-order valence-electron chi connectivity index (χ3n) is 1.47. The fourth-order valence-corrected chi connectivity index (χ4v) is 1.84. The van der Waals surface area contributed by atoms with Crippen LogP contribution in [0, 0.1) is 0 Å². The van der Waals surface area contributed by atoms with Gasteiger partial charge in [0.25, 0.3) is 0 Å². The van der Waals surface area contributed by atoms with Crippen molar-refractivity contribution in [3.8, 4) is 5.75 Å².